The van der Waals surface area contributed by atoms with E-state index in [0.29, 0.717) is 24.2 Å². The van der Waals surface area contributed by atoms with Crippen molar-refractivity contribution < 1.29 is 20.1 Å². The van der Waals surface area contributed by atoms with Gasteiger partial charge in [-0.25, -0.2) is 0 Å². The Bertz CT molecular complexity index is 923. The molecule has 0 aromatic carbocycles. The Labute approximate surface area is 213 Å². The molecular weight excluding hydrogens is 436 g/mol. The summed E-state index contributed by atoms with van der Waals surface area (Å²) in [6.07, 6.45) is 9.51. The zero-order chi connectivity index (χ0) is 25.8. The highest BCUT2D eigenvalue weighted by molar-refractivity contribution is 5.69. The summed E-state index contributed by atoms with van der Waals surface area (Å²) in [6.45, 7) is 16.3. The van der Waals surface area contributed by atoms with Crippen molar-refractivity contribution >= 4 is 5.97 Å². The lowest BCUT2D eigenvalue weighted by atomic mass is 9.32. The molecular formula is C31H50O4. The molecule has 3 N–H and O–H groups in total. The molecule has 0 spiro atoms. The molecule has 0 amide bonds. The van der Waals surface area contributed by atoms with Crippen LogP contribution in [0.3, 0.4) is 0 Å². The molecule has 0 heterocycles. The van der Waals surface area contributed by atoms with E-state index in [9.17, 15) is 20.1 Å². The predicted molar refractivity (Wildman–Crippen MR) is 139 cm³/mol. The van der Waals surface area contributed by atoms with Gasteiger partial charge in [0.25, 0.3) is 0 Å². The van der Waals surface area contributed by atoms with Gasteiger partial charge in [-0.1, -0.05) is 60.1 Å². The van der Waals surface area contributed by atoms with E-state index in [0.717, 1.165) is 32.1 Å². The van der Waals surface area contributed by atoms with E-state index < -0.39 is 18.2 Å². The predicted octanol–water partition coefficient (Wildman–Crippen LogP) is 6.45. The molecule has 5 aliphatic rings. The minimum absolute atomic E-state index is 0.165. The highest BCUT2D eigenvalue weighted by Crippen LogP contribution is 2.76. The van der Waals surface area contributed by atoms with Gasteiger partial charge >= 0.3 is 5.97 Å². The molecule has 0 unspecified atom stereocenters. The van der Waals surface area contributed by atoms with Crippen LogP contribution in [0.4, 0.5) is 0 Å². The number of hydrogen-bond donors (Lipinski definition) is 3. The Balaban J connectivity index is 1.68. The Morgan fingerprint density at radius 3 is 2.29 bits per heavy atom. The smallest absolute Gasteiger partial charge is 0.304 e. The van der Waals surface area contributed by atoms with E-state index in [1.54, 1.807) is 0 Å². The molecule has 0 aromatic heterocycles. The van der Waals surface area contributed by atoms with Crippen LogP contribution in [0, 0.1) is 56.7 Å². The first-order valence-corrected chi connectivity index (χ1v) is 14.4. The average Bonchev–Trinajstić information content (AvgIpc) is 2.76. The van der Waals surface area contributed by atoms with E-state index in [1.165, 1.54) is 18.4 Å². The Kier molecular flexibility index (Phi) is 5.76. The summed E-state index contributed by atoms with van der Waals surface area (Å²) >= 11 is 0. The van der Waals surface area contributed by atoms with Crippen molar-refractivity contribution in [2.24, 2.45) is 56.7 Å². The average molecular weight is 487 g/mol. The van der Waals surface area contributed by atoms with Crippen LogP contribution in [0.25, 0.3) is 0 Å². The number of carboxylic acids is 1. The zero-order valence-corrected chi connectivity index (χ0v) is 23.2. The summed E-state index contributed by atoms with van der Waals surface area (Å²) in [5.41, 5.74) is 0.652. The van der Waals surface area contributed by atoms with Crippen LogP contribution in [0.2, 0.25) is 0 Å². The monoisotopic (exact) mass is 486 g/mol. The maximum Gasteiger partial charge on any atom is 0.304 e. The Morgan fingerprint density at radius 2 is 1.63 bits per heavy atom. The molecule has 4 saturated carbocycles. The van der Waals surface area contributed by atoms with Crippen molar-refractivity contribution in [3.63, 3.8) is 0 Å². The van der Waals surface area contributed by atoms with Crippen LogP contribution >= 0.6 is 0 Å². The number of fused-ring (bicyclic) bond motifs is 7. The van der Waals surface area contributed by atoms with Gasteiger partial charge in [0.05, 0.1) is 18.6 Å². The van der Waals surface area contributed by atoms with Gasteiger partial charge < -0.3 is 15.3 Å². The molecule has 0 aromatic rings. The van der Waals surface area contributed by atoms with Crippen LogP contribution in [0.1, 0.15) is 106 Å². The molecule has 0 saturated heterocycles. The first kappa shape index (κ1) is 25.8. The summed E-state index contributed by atoms with van der Waals surface area (Å²) < 4.78 is 0. The molecule has 4 fully saturated rings. The summed E-state index contributed by atoms with van der Waals surface area (Å²) in [6, 6.07) is 0. The number of aliphatic hydroxyl groups excluding tert-OH is 2. The van der Waals surface area contributed by atoms with Gasteiger partial charge in [0.15, 0.2) is 0 Å². The number of hydrogen-bond acceptors (Lipinski definition) is 3. The molecule has 0 bridgehead atoms. The SMILES string of the molecule is C[C@H]1[C@H](C)CC[C@]2(C)CC[C@]3(CC(=O)O)C(=CC[C@@H]4[C@@]5(C)[C@H](O)C[C@H](O)C(C)(C)[C@@H]5CC[C@]43C)[C@H]12. The third-order valence-corrected chi connectivity index (χ3v) is 13.6. The van der Waals surface area contributed by atoms with Crippen molar-refractivity contribution in [1.82, 2.24) is 0 Å². The maximum atomic E-state index is 12.6. The maximum absolute atomic E-state index is 12.6. The molecule has 5 aliphatic carbocycles. The third-order valence-electron chi connectivity index (χ3n) is 13.6. The second-order valence-electron chi connectivity index (χ2n) is 15.1. The first-order chi connectivity index (χ1) is 16.1. The number of rotatable bonds is 2. The van der Waals surface area contributed by atoms with E-state index >= 15 is 0 Å². The molecule has 35 heavy (non-hydrogen) atoms. The fourth-order valence-corrected chi connectivity index (χ4v) is 11.2. The molecule has 198 valence electrons. The summed E-state index contributed by atoms with van der Waals surface area (Å²) in [5, 5.41) is 32.9. The van der Waals surface area contributed by atoms with Crippen molar-refractivity contribution in [2.45, 2.75) is 118 Å². The molecule has 5 rings (SSSR count). The van der Waals surface area contributed by atoms with E-state index in [2.05, 4.69) is 54.5 Å². The van der Waals surface area contributed by atoms with Crippen LogP contribution in [0.15, 0.2) is 11.6 Å². The highest BCUT2D eigenvalue weighted by Gasteiger charge is 2.71. The summed E-state index contributed by atoms with van der Waals surface area (Å²) in [5.74, 6) is 1.46. The second kappa shape index (κ2) is 7.82. The minimum Gasteiger partial charge on any atom is -0.481 e. The fraction of sp³-hybridized carbons (Fsp3) is 0.903. The van der Waals surface area contributed by atoms with Gasteiger partial charge in [0.2, 0.25) is 0 Å². The van der Waals surface area contributed by atoms with Gasteiger partial charge in [-0.3, -0.25) is 4.79 Å². The standard InChI is InChI=1S/C31H50O4/c1-18-10-12-28(5)14-15-31(17-25(34)35)20(26(28)19(18)2)8-9-22-29(31,6)13-11-21-27(3,4)23(32)16-24(33)30(21,22)7/h8,18-19,21-24,26,32-33H,9-17H2,1-7H3,(H,34,35)/t18-,19+,21+,22+,23+,24-,26+,28-,29-,30+,31+/m1/s1. The number of carbonyl (C=O) groups is 1. The normalized spacial score (nSPS) is 55.0. The number of aliphatic hydroxyl groups is 2. The van der Waals surface area contributed by atoms with Gasteiger partial charge in [-0.05, 0) is 90.8 Å². The topological polar surface area (TPSA) is 77.8 Å². The number of aliphatic carboxylic acids is 1. The highest BCUT2D eigenvalue weighted by atomic mass is 16.4. The molecule has 11 atom stereocenters. The third kappa shape index (κ3) is 3.14. The van der Waals surface area contributed by atoms with Crippen LogP contribution < -0.4 is 0 Å². The van der Waals surface area contributed by atoms with Gasteiger partial charge in [0, 0.05) is 17.3 Å². The first-order valence-electron chi connectivity index (χ1n) is 14.4. The Morgan fingerprint density at radius 1 is 0.943 bits per heavy atom. The molecule has 4 nitrogen and oxygen atoms in total. The van der Waals surface area contributed by atoms with Crippen molar-refractivity contribution in [1.29, 1.82) is 0 Å². The number of carboxylic acid groups (broad SMARTS) is 1. The summed E-state index contributed by atoms with van der Waals surface area (Å²) in [4.78, 5) is 12.6. The Hall–Kier alpha value is -0.870. The van der Waals surface area contributed by atoms with Gasteiger partial charge in [-0.15, -0.1) is 0 Å². The van der Waals surface area contributed by atoms with Crippen LogP contribution in [-0.4, -0.2) is 33.5 Å². The van der Waals surface area contributed by atoms with E-state index in [4.69, 9.17) is 0 Å². The quantitative estimate of drug-likeness (QED) is 0.392. The molecule has 0 aliphatic heterocycles. The van der Waals surface area contributed by atoms with Crippen molar-refractivity contribution in [2.75, 3.05) is 0 Å². The van der Waals surface area contributed by atoms with E-state index in [-0.39, 0.29) is 45.3 Å². The molecule has 4 heteroatoms. The van der Waals surface area contributed by atoms with Gasteiger partial charge in [-0.2, -0.15) is 0 Å². The number of allylic oxidation sites excluding steroid dienone is 2. The second-order valence-corrected chi connectivity index (χ2v) is 15.1. The lowest BCUT2D eigenvalue weighted by molar-refractivity contribution is -0.246. The molecule has 0 radical (unpaired) electrons. The summed E-state index contributed by atoms with van der Waals surface area (Å²) in [7, 11) is 0. The van der Waals surface area contributed by atoms with Crippen LogP contribution in [0.5, 0.6) is 0 Å². The van der Waals surface area contributed by atoms with Crippen molar-refractivity contribution in [3.05, 3.63) is 11.6 Å². The van der Waals surface area contributed by atoms with Crippen molar-refractivity contribution in [3.8, 4) is 0 Å². The van der Waals surface area contributed by atoms with Crippen LogP contribution in [-0.2, 0) is 4.79 Å². The largest absolute Gasteiger partial charge is 0.481 e. The lowest BCUT2D eigenvalue weighted by Crippen LogP contribution is -2.68. The fourth-order valence-electron chi connectivity index (χ4n) is 11.2. The van der Waals surface area contributed by atoms with Gasteiger partial charge in [0.1, 0.15) is 0 Å². The lowest BCUT2D eigenvalue weighted by Gasteiger charge is -2.72. The zero-order valence-electron chi connectivity index (χ0n) is 23.2. The minimum atomic E-state index is -0.676. The van der Waals surface area contributed by atoms with E-state index in [1.807, 2.05) is 0 Å².